The zero-order chi connectivity index (χ0) is 23.3. The van der Waals surface area contributed by atoms with Crippen molar-refractivity contribution < 1.29 is 24.2 Å². The molecule has 0 saturated carbocycles. The molecule has 8 heteroatoms. The number of fused-ring (bicyclic) bond motifs is 1. The molecule has 3 aliphatic rings. The molecule has 6 atom stereocenters. The van der Waals surface area contributed by atoms with Gasteiger partial charge in [-0.05, 0) is 45.6 Å². The van der Waals surface area contributed by atoms with Gasteiger partial charge in [0.25, 0.3) is 0 Å². The lowest BCUT2D eigenvalue weighted by molar-refractivity contribution is -0.146. The van der Waals surface area contributed by atoms with E-state index in [0.717, 1.165) is 5.56 Å². The molecule has 1 spiro atoms. The molecule has 3 heterocycles. The van der Waals surface area contributed by atoms with E-state index in [-0.39, 0.29) is 30.4 Å². The van der Waals surface area contributed by atoms with Gasteiger partial charge in [0.05, 0.1) is 30.6 Å². The first-order valence-electron chi connectivity index (χ1n) is 11.3. The van der Waals surface area contributed by atoms with Crippen molar-refractivity contribution >= 4 is 17.7 Å². The van der Waals surface area contributed by atoms with Gasteiger partial charge in [-0.1, -0.05) is 30.3 Å². The van der Waals surface area contributed by atoms with Crippen LogP contribution in [0.2, 0.25) is 0 Å². The molecule has 32 heavy (non-hydrogen) atoms. The fourth-order valence-corrected chi connectivity index (χ4v) is 5.83. The second kappa shape index (κ2) is 8.15. The summed E-state index contributed by atoms with van der Waals surface area (Å²) in [5.74, 6) is -2.20. The van der Waals surface area contributed by atoms with Gasteiger partial charge in [0, 0.05) is 12.6 Å². The van der Waals surface area contributed by atoms with Gasteiger partial charge in [0.2, 0.25) is 17.7 Å². The van der Waals surface area contributed by atoms with E-state index in [0.29, 0.717) is 19.3 Å². The first-order chi connectivity index (χ1) is 15.1. The number of hydrogen-bond acceptors (Lipinski definition) is 5. The highest BCUT2D eigenvalue weighted by atomic mass is 16.5. The van der Waals surface area contributed by atoms with E-state index in [1.807, 2.05) is 51.1 Å². The molecule has 3 saturated heterocycles. The molecule has 3 amide bonds. The second-order valence-electron chi connectivity index (χ2n) is 10.2. The summed E-state index contributed by atoms with van der Waals surface area (Å²) in [6.07, 6.45) is 1.18. The van der Waals surface area contributed by atoms with Crippen LogP contribution in [0.25, 0.3) is 0 Å². The van der Waals surface area contributed by atoms with E-state index in [1.54, 1.807) is 7.05 Å². The fourth-order valence-electron chi connectivity index (χ4n) is 5.83. The lowest BCUT2D eigenvalue weighted by Crippen LogP contribution is -2.60. The molecule has 3 aliphatic heterocycles. The number of nitrogens with one attached hydrogen (secondary N) is 2. The van der Waals surface area contributed by atoms with Gasteiger partial charge in [-0.2, -0.15) is 0 Å². The summed E-state index contributed by atoms with van der Waals surface area (Å²) in [5, 5.41) is 16.0. The van der Waals surface area contributed by atoms with Gasteiger partial charge < -0.3 is 25.4 Å². The zero-order valence-electron chi connectivity index (χ0n) is 19.1. The molecule has 3 fully saturated rings. The van der Waals surface area contributed by atoms with E-state index in [9.17, 15) is 19.5 Å². The van der Waals surface area contributed by atoms with Crippen LogP contribution in [0, 0.1) is 11.8 Å². The van der Waals surface area contributed by atoms with Gasteiger partial charge in [-0.3, -0.25) is 14.4 Å². The number of carbonyl (C=O) groups excluding carboxylic acids is 3. The fraction of sp³-hybridized carbons (Fsp3) is 0.625. The van der Waals surface area contributed by atoms with Crippen LogP contribution in [0.3, 0.4) is 0 Å². The number of ether oxygens (including phenoxy) is 1. The Kier molecular flexibility index (Phi) is 5.79. The Balaban J connectivity index is 1.76. The molecule has 0 radical (unpaired) electrons. The van der Waals surface area contributed by atoms with Crippen molar-refractivity contribution in [1.29, 1.82) is 0 Å². The minimum Gasteiger partial charge on any atom is -0.394 e. The number of nitrogens with zero attached hydrogens (tertiary/aromatic N) is 1. The lowest BCUT2D eigenvalue weighted by atomic mass is 9.70. The van der Waals surface area contributed by atoms with Gasteiger partial charge >= 0.3 is 0 Å². The Labute approximate surface area is 188 Å². The number of aliphatic hydroxyl groups is 1. The maximum atomic E-state index is 13.8. The smallest absolute Gasteiger partial charge is 0.246 e. The topological polar surface area (TPSA) is 108 Å². The van der Waals surface area contributed by atoms with E-state index in [4.69, 9.17) is 4.74 Å². The van der Waals surface area contributed by atoms with Gasteiger partial charge in [-0.25, -0.2) is 0 Å². The Bertz CT molecular complexity index is 899. The Morgan fingerprint density at radius 3 is 2.53 bits per heavy atom. The quantitative estimate of drug-likeness (QED) is 0.598. The number of benzene rings is 1. The third-order valence-corrected chi connectivity index (χ3v) is 6.95. The molecule has 2 bridgehead atoms. The molecule has 8 nitrogen and oxygen atoms in total. The largest absolute Gasteiger partial charge is 0.394 e. The molecule has 3 N–H and O–H groups in total. The van der Waals surface area contributed by atoms with Gasteiger partial charge in [0.1, 0.15) is 11.6 Å². The SMILES string of the molecule is CNC(=O)[C@@H]1[C@@H]2CCC3(O2)C(C(=O)NC(C)(C)C)N([C@@H](CO)Cc2ccccc2)C(=O)[C@H]13. The molecule has 1 aromatic carbocycles. The molecule has 0 aromatic heterocycles. The number of hydrogen-bond donors (Lipinski definition) is 3. The van der Waals surface area contributed by atoms with Crippen LogP contribution >= 0.6 is 0 Å². The minimum absolute atomic E-state index is 0.240. The van der Waals surface area contributed by atoms with E-state index >= 15 is 0 Å². The molecule has 1 aromatic rings. The van der Waals surface area contributed by atoms with Crippen LogP contribution in [0.5, 0.6) is 0 Å². The maximum Gasteiger partial charge on any atom is 0.246 e. The standard InChI is InChI=1S/C24H33N3O5/c1-23(2,3)26-21(30)19-24-11-10-16(32-24)17(20(29)25-4)18(24)22(31)27(19)15(13-28)12-14-8-6-5-7-9-14/h5-9,15-19,28H,10-13H2,1-4H3,(H,25,29)(H,26,30)/t15-,16+,17-,18+,19?,24?/m1/s1. The molecule has 0 aliphatic carbocycles. The van der Waals surface area contributed by atoms with Crippen LogP contribution in [-0.2, 0) is 25.5 Å². The summed E-state index contributed by atoms with van der Waals surface area (Å²) in [4.78, 5) is 41.7. The third-order valence-electron chi connectivity index (χ3n) is 6.95. The summed E-state index contributed by atoms with van der Waals surface area (Å²) in [7, 11) is 1.55. The lowest BCUT2D eigenvalue weighted by Gasteiger charge is -2.38. The zero-order valence-corrected chi connectivity index (χ0v) is 19.1. The van der Waals surface area contributed by atoms with E-state index < -0.39 is 35.1 Å². The molecule has 174 valence electrons. The van der Waals surface area contributed by atoms with Crippen LogP contribution in [-0.4, -0.2) is 70.7 Å². The summed E-state index contributed by atoms with van der Waals surface area (Å²) < 4.78 is 6.35. The predicted octanol–water partition coefficient (Wildman–Crippen LogP) is 0.625. The van der Waals surface area contributed by atoms with Crippen molar-refractivity contribution in [2.45, 2.75) is 69.4 Å². The van der Waals surface area contributed by atoms with Crippen molar-refractivity contribution in [2.24, 2.45) is 11.8 Å². The third kappa shape index (κ3) is 3.59. The number of amides is 3. The van der Waals surface area contributed by atoms with Crippen LogP contribution < -0.4 is 10.6 Å². The van der Waals surface area contributed by atoms with Gasteiger partial charge in [-0.15, -0.1) is 0 Å². The normalized spacial score (nSPS) is 32.0. The number of aliphatic hydroxyl groups excluding tert-OH is 1. The van der Waals surface area contributed by atoms with Crippen molar-refractivity contribution in [3.63, 3.8) is 0 Å². The van der Waals surface area contributed by atoms with Crippen LogP contribution in [0.4, 0.5) is 0 Å². The number of carbonyl (C=O) groups is 3. The summed E-state index contributed by atoms with van der Waals surface area (Å²) in [5.41, 5.74) is -0.610. The minimum atomic E-state index is -1.06. The summed E-state index contributed by atoms with van der Waals surface area (Å²) >= 11 is 0. The first kappa shape index (κ1) is 22.7. The van der Waals surface area contributed by atoms with Gasteiger partial charge in [0.15, 0.2) is 0 Å². The summed E-state index contributed by atoms with van der Waals surface area (Å²) in [6, 6.07) is 8.07. The van der Waals surface area contributed by atoms with E-state index in [2.05, 4.69) is 10.6 Å². The number of likely N-dealkylation sites (tertiary alicyclic amines) is 1. The summed E-state index contributed by atoms with van der Waals surface area (Å²) in [6.45, 7) is 5.36. The van der Waals surface area contributed by atoms with E-state index in [1.165, 1.54) is 4.90 Å². The Morgan fingerprint density at radius 1 is 1.25 bits per heavy atom. The highest BCUT2D eigenvalue weighted by molar-refractivity contribution is 5.99. The maximum absolute atomic E-state index is 13.8. The molecule has 2 unspecified atom stereocenters. The molecular weight excluding hydrogens is 410 g/mol. The van der Waals surface area contributed by atoms with Crippen LogP contribution in [0.1, 0.15) is 39.2 Å². The number of rotatable bonds is 6. The highest BCUT2D eigenvalue weighted by Crippen LogP contribution is 2.58. The molecule has 4 rings (SSSR count). The second-order valence-corrected chi connectivity index (χ2v) is 10.2. The predicted molar refractivity (Wildman–Crippen MR) is 117 cm³/mol. The average Bonchev–Trinajstić information content (AvgIpc) is 3.38. The van der Waals surface area contributed by atoms with Crippen molar-refractivity contribution in [3.8, 4) is 0 Å². The average molecular weight is 444 g/mol. The Morgan fingerprint density at radius 2 is 1.94 bits per heavy atom. The first-order valence-corrected chi connectivity index (χ1v) is 11.3. The van der Waals surface area contributed by atoms with Crippen LogP contribution in [0.15, 0.2) is 30.3 Å². The Hall–Kier alpha value is -2.45. The van der Waals surface area contributed by atoms with Crippen molar-refractivity contribution in [3.05, 3.63) is 35.9 Å². The van der Waals surface area contributed by atoms with Crippen molar-refractivity contribution in [2.75, 3.05) is 13.7 Å². The van der Waals surface area contributed by atoms with Crippen molar-refractivity contribution in [1.82, 2.24) is 15.5 Å². The highest BCUT2D eigenvalue weighted by Gasteiger charge is 2.75. The molecular formula is C24H33N3O5. The monoisotopic (exact) mass is 443 g/mol.